The molecular weight excluding hydrogens is 264 g/mol. The van der Waals surface area contributed by atoms with Gasteiger partial charge >= 0.3 is 0 Å². The Labute approximate surface area is 134 Å². The zero-order valence-electron chi connectivity index (χ0n) is 15.3. The normalized spacial score (nSPS) is 13.0. The molecule has 0 aliphatic heterocycles. The van der Waals surface area contributed by atoms with Crippen molar-refractivity contribution in [2.45, 2.75) is 74.8 Å². The third kappa shape index (κ3) is 28.7. The van der Waals surface area contributed by atoms with Crippen molar-refractivity contribution in [1.82, 2.24) is 0 Å². The van der Waals surface area contributed by atoms with Gasteiger partial charge in [0.15, 0.2) is 0 Å². The highest BCUT2D eigenvalue weighted by Gasteiger charge is 2.15. The van der Waals surface area contributed by atoms with Crippen LogP contribution in [0.5, 0.6) is 0 Å². The first-order valence-electron chi connectivity index (χ1n) is 7.61. The molecule has 0 heterocycles. The standard InChI is InChI=1S/C10H22O2.C7H16O.CH4/c1-9(8-10(2,3)4)12-7-6-11-5;1-7(2,3)5-6-8-4;/h9H,6-8H2,1-5H3;5-6H2,1-4H3;1H4. The summed E-state index contributed by atoms with van der Waals surface area (Å²) in [6.07, 6.45) is 2.57. The second-order valence-corrected chi connectivity index (χ2v) is 7.74. The van der Waals surface area contributed by atoms with Gasteiger partial charge in [-0.05, 0) is 30.6 Å². The molecule has 0 aliphatic carbocycles. The van der Waals surface area contributed by atoms with E-state index in [1.54, 1.807) is 14.2 Å². The molecule has 0 saturated carbocycles. The Morgan fingerprint density at radius 3 is 1.52 bits per heavy atom. The van der Waals surface area contributed by atoms with Crippen LogP contribution in [0.15, 0.2) is 0 Å². The zero-order valence-corrected chi connectivity index (χ0v) is 15.3. The molecule has 0 aliphatic rings. The quantitative estimate of drug-likeness (QED) is 0.607. The summed E-state index contributed by atoms with van der Waals surface area (Å²) < 4.78 is 15.3. The van der Waals surface area contributed by atoms with Crippen molar-refractivity contribution in [3.63, 3.8) is 0 Å². The predicted molar refractivity (Wildman–Crippen MR) is 94.0 cm³/mol. The highest BCUT2D eigenvalue weighted by Crippen LogP contribution is 2.21. The Balaban J connectivity index is -0.000000317. The third-order valence-electron chi connectivity index (χ3n) is 2.65. The largest absolute Gasteiger partial charge is 0.385 e. The molecule has 0 N–H and O–H groups in total. The first-order chi connectivity index (χ1) is 9.02. The summed E-state index contributed by atoms with van der Waals surface area (Å²) in [4.78, 5) is 0. The van der Waals surface area contributed by atoms with Crippen molar-refractivity contribution in [1.29, 1.82) is 0 Å². The monoisotopic (exact) mass is 306 g/mol. The smallest absolute Gasteiger partial charge is 0.0703 e. The molecule has 0 saturated heterocycles. The summed E-state index contributed by atoms with van der Waals surface area (Å²) in [5.41, 5.74) is 0.780. The van der Waals surface area contributed by atoms with Crippen LogP contribution in [-0.2, 0) is 14.2 Å². The Morgan fingerprint density at radius 2 is 1.24 bits per heavy atom. The number of rotatable bonds is 7. The molecular formula is C18H42O3. The molecule has 1 unspecified atom stereocenters. The summed E-state index contributed by atoms with van der Waals surface area (Å²) >= 11 is 0. The van der Waals surface area contributed by atoms with E-state index in [0.29, 0.717) is 30.1 Å². The molecule has 0 radical (unpaired) electrons. The summed E-state index contributed by atoms with van der Waals surface area (Å²) in [6, 6.07) is 0. The van der Waals surface area contributed by atoms with Gasteiger partial charge in [-0.25, -0.2) is 0 Å². The van der Waals surface area contributed by atoms with Crippen molar-refractivity contribution in [2.24, 2.45) is 10.8 Å². The second kappa shape index (κ2) is 13.5. The van der Waals surface area contributed by atoms with Gasteiger partial charge in [0.2, 0.25) is 0 Å². The Morgan fingerprint density at radius 1 is 0.762 bits per heavy atom. The minimum atomic E-state index is 0. The first-order valence-corrected chi connectivity index (χ1v) is 7.61. The van der Waals surface area contributed by atoms with Crippen LogP contribution in [0.4, 0.5) is 0 Å². The minimum Gasteiger partial charge on any atom is -0.385 e. The Kier molecular flexibility index (Phi) is 16.6. The van der Waals surface area contributed by atoms with Crippen LogP contribution in [0.25, 0.3) is 0 Å². The Bertz CT molecular complexity index is 201. The molecule has 1 atom stereocenters. The van der Waals surface area contributed by atoms with Crippen molar-refractivity contribution in [2.75, 3.05) is 34.0 Å². The fourth-order valence-corrected chi connectivity index (χ4v) is 1.66. The van der Waals surface area contributed by atoms with Gasteiger partial charge in [-0.3, -0.25) is 0 Å². The molecule has 132 valence electrons. The fraction of sp³-hybridized carbons (Fsp3) is 1.00. The number of ether oxygens (including phenoxy) is 3. The molecule has 3 nitrogen and oxygen atoms in total. The first kappa shape index (κ1) is 25.8. The summed E-state index contributed by atoms with van der Waals surface area (Å²) in [7, 11) is 3.43. The van der Waals surface area contributed by atoms with Crippen LogP contribution < -0.4 is 0 Å². The highest BCUT2D eigenvalue weighted by atomic mass is 16.5. The van der Waals surface area contributed by atoms with Crippen LogP contribution >= 0.6 is 0 Å². The number of methoxy groups -OCH3 is 2. The predicted octanol–water partition coefficient (Wildman–Crippen LogP) is 5.18. The maximum Gasteiger partial charge on any atom is 0.0703 e. The number of hydrogen-bond donors (Lipinski definition) is 0. The lowest BCUT2D eigenvalue weighted by Gasteiger charge is -2.23. The van der Waals surface area contributed by atoms with Gasteiger partial charge in [-0.2, -0.15) is 0 Å². The van der Waals surface area contributed by atoms with E-state index in [9.17, 15) is 0 Å². The Hall–Kier alpha value is -0.120. The molecule has 0 bridgehead atoms. The molecule has 0 amide bonds. The van der Waals surface area contributed by atoms with Crippen molar-refractivity contribution in [3.05, 3.63) is 0 Å². The van der Waals surface area contributed by atoms with Crippen molar-refractivity contribution >= 4 is 0 Å². The molecule has 0 spiro atoms. The third-order valence-corrected chi connectivity index (χ3v) is 2.65. The fourth-order valence-electron chi connectivity index (χ4n) is 1.66. The van der Waals surface area contributed by atoms with Crippen LogP contribution in [-0.4, -0.2) is 40.1 Å². The van der Waals surface area contributed by atoms with Crippen LogP contribution in [0.2, 0.25) is 0 Å². The average molecular weight is 307 g/mol. The van der Waals surface area contributed by atoms with Gasteiger partial charge < -0.3 is 14.2 Å². The van der Waals surface area contributed by atoms with Crippen molar-refractivity contribution < 1.29 is 14.2 Å². The summed E-state index contributed by atoms with van der Waals surface area (Å²) in [5, 5.41) is 0. The SMILES string of the molecule is C.COCCC(C)(C)C.COCCOC(C)CC(C)(C)C. The van der Waals surface area contributed by atoms with Gasteiger partial charge in [-0.15, -0.1) is 0 Å². The average Bonchev–Trinajstić information content (AvgIpc) is 2.24. The number of hydrogen-bond acceptors (Lipinski definition) is 3. The lowest BCUT2D eigenvalue weighted by atomic mass is 9.90. The maximum atomic E-state index is 5.53. The molecule has 0 fully saturated rings. The molecule has 3 heteroatoms. The van der Waals surface area contributed by atoms with Crippen LogP contribution in [0, 0.1) is 10.8 Å². The van der Waals surface area contributed by atoms with Gasteiger partial charge in [0.1, 0.15) is 0 Å². The van der Waals surface area contributed by atoms with E-state index < -0.39 is 0 Å². The summed E-state index contributed by atoms with van der Waals surface area (Å²) in [5.74, 6) is 0. The second-order valence-electron chi connectivity index (χ2n) is 7.74. The van der Waals surface area contributed by atoms with E-state index >= 15 is 0 Å². The molecule has 0 aromatic heterocycles. The van der Waals surface area contributed by atoms with E-state index in [1.807, 2.05) is 0 Å². The lowest BCUT2D eigenvalue weighted by molar-refractivity contribution is 0.00789. The van der Waals surface area contributed by atoms with Gasteiger partial charge in [0.05, 0.1) is 19.3 Å². The van der Waals surface area contributed by atoms with E-state index in [4.69, 9.17) is 14.2 Å². The lowest BCUT2D eigenvalue weighted by Crippen LogP contribution is -2.19. The van der Waals surface area contributed by atoms with Gasteiger partial charge in [0.25, 0.3) is 0 Å². The maximum absolute atomic E-state index is 5.53. The van der Waals surface area contributed by atoms with E-state index in [0.717, 1.165) is 19.4 Å². The highest BCUT2D eigenvalue weighted by molar-refractivity contribution is 4.65. The van der Waals surface area contributed by atoms with Crippen LogP contribution in [0.3, 0.4) is 0 Å². The topological polar surface area (TPSA) is 27.7 Å². The van der Waals surface area contributed by atoms with Gasteiger partial charge in [-0.1, -0.05) is 49.0 Å². The molecule has 0 rings (SSSR count). The van der Waals surface area contributed by atoms with Gasteiger partial charge in [0, 0.05) is 20.8 Å². The molecule has 0 aromatic carbocycles. The van der Waals surface area contributed by atoms with Crippen molar-refractivity contribution in [3.8, 4) is 0 Å². The summed E-state index contributed by atoms with van der Waals surface area (Å²) in [6.45, 7) is 17.7. The van der Waals surface area contributed by atoms with Crippen LogP contribution in [0.1, 0.15) is 68.7 Å². The molecule has 21 heavy (non-hydrogen) atoms. The molecule has 0 aromatic rings. The van der Waals surface area contributed by atoms with E-state index in [-0.39, 0.29) is 7.43 Å². The van der Waals surface area contributed by atoms with E-state index in [1.165, 1.54) is 0 Å². The van der Waals surface area contributed by atoms with E-state index in [2.05, 4.69) is 48.5 Å². The zero-order chi connectivity index (χ0) is 16.2. The minimum absolute atomic E-state index is 0.